The van der Waals surface area contributed by atoms with E-state index < -0.39 is 11.9 Å². The second-order valence-electron chi connectivity index (χ2n) is 5.47. The van der Waals surface area contributed by atoms with Crippen LogP contribution in [0, 0.1) is 12.7 Å². The van der Waals surface area contributed by atoms with Gasteiger partial charge in [-0.25, -0.2) is 4.39 Å². The highest BCUT2D eigenvalue weighted by atomic mass is 19.4. The van der Waals surface area contributed by atoms with Crippen LogP contribution in [-0.2, 0) is 6.18 Å². The Morgan fingerprint density at radius 3 is 1.79 bits per heavy atom. The standard InChI is InChI=1S/C19H13F4N/c1-12-2-3-15(10-17(12)20)13-4-6-14(7-5-13)16-8-9-18(24-11-16)19(21,22)23/h2-11H,1H3. The van der Waals surface area contributed by atoms with Crippen LogP contribution >= 0.6 is 0 Å². The molecular formula is C19H13F4N. The van der Waals surface area contributed by atoms with E-state index in [0.717, 1.165) is 22.8 Å². The summed E-state index contributed by atoms with van der Waals surface area (Å²) in [5.41, 5.74) is 2.56. The molecule has 2 aromatic carbocycles. The molecule has 0 saturated carbocycles. The van der Waals surface area contributed by atoms with E-state index in [1.807, 2.05) is 6.07 Å². The van der Waals surface area contributed by atoms with Gasteiger partial charge in [0.2, 0.25) is 0 Å². The molecule has 0 unspecified atom stereocenters. The number of hydrogen-bond acceptors (Lipinski definition) is 1. The largest absolute Gasteiger partial charge is 0.433 e. The van der Waals surface area contributed by atoms with Crippen LogP contribution in [-0.4, -0.2) is 4.98 Å². The Morgan fingerprint density at radius 2 is 1.29 bits per heavy atom. The molecule has 1 nitrogen and oxygen atoms in total. The first kappa shape index (κ1) is 16.2. The molecular weight excluding hydrogens is 318 g/mol. The second kappa shape index (κ2) is 6.07. The van der Waals surface area contributed by atoms with Crippen LogP contribution in [0.3, 0.4) is 0 Å². The van der Waals surface area contributed by atoms with Gasteiger partial charge in [0.15, 0.2) is 0 Å². The van der Waals surface area contributed by atoms with E-state index in [1.165, 1.54) is 18.3 Å². The van der Waals surface area contributed by atoms with Crippen LogP contribution in [0.5, 0.6) is 0 Å². The van der Waals surface area contributed by atoms with Gasteiger partial charge in [0.05, 0.1) is 0 Å². The predicted octanol–water partition coefficient (Wildman–Crippen LogP) is 5.88. The second-order valence-corrected chi connectivity index (χ2v) is 5.47. The van der Waals surface area contributed by atoms with Crippen molar-refractivity contribution in [3.8, 4) is 22.3 Å². The summed E-state index contributed by atoms with van der Waals surface area (Å²) in [4.78, 5) is 3.45. The summed E-state index contributed by atoms with van der Waals surface area (Å²) >= 11 is 0. The Labute approximate surface area is 136 Å². The molecule has 1 aromatic heterocycles. The summed E-state index contributed by atoms with van der Waals surface area (Å²) in [6.07, 6.45) is -3.25. The monoisotopic (exact) mass is 331 g/mol. The summed E-state index contributed by atoms with van der Waals surface area (Å²) in [5.74, 6) is -0.275. The molecule has 0 aliphatic rings. The molecule has 0 spiro atoms. The third-order valence-corrected chi connectivity index (χ3v) is 3.78. The molecule has 0 amide bonds. The fraction of sp³-hybridized carbons (Fsp3) is 0.105. The smallest absolute Gasteiger partial charge is 0.251 e. The number of halogens is 4. The zero-order valence-corrected chi connectivity index (χ0v) is 12.7. The lowest BCUT2D eigenvalue weighted by Gasteiger charge is -2.08. The van der Waals surface area contributed by atoms with Crippen molar-refractivity contribution in [2.24, 2.45) is 0 Å². The normalized spacial score (nSPS) is 11.5. The Hall–Kier alpha value is -2.69. The maximum Gasteiger partial charge on any atom is 0.433 e. The van der Waals surface area contributed by atoms with Gasteiger partial charge in [-0.2, -0.15) is 13.2 Å². The highest BCUT2D eigenvalue weighted by Crippen LogP contribution is 2.30. The van der Waals surface area contributed by atoms with Crippen molar-refractivity contribution in [3.05, 3.63) is 77.9 Å². The van der Waals surface area contributed by atoms with Gasteiger partial charge in [-0.1, -0.05) is 42.5 Å². The molecule has 5 heteroatoms. The molecule has 3 aromatic rings. The minimum absolute atomic E-state index is 0.275. The van der Waals surface area contributed by atoms with Crippen LogP contribution in [0.1, 0.15) is 11.3 Å². The molecule has 1 heterocycles. The number of alkyl halides is 3. The zero-order valence-electron chi connectivity index (χ0n) is 12.7. The van der Waals surface area contributed by atoms with Crippen molar-refractivity contribution in [2.45, 2.75) is 13.1 Å². The van der Waals surface area contributed by atoms with Crippen molar-refractivity contribution in [2.75, 3.05) is 0 Å². The molecule has 0 N–H and O–H groups in total. The summed E-state index contributed by atoms with van der Waals surface area (Å²) < 4.78 is 51.2. The van der Waals surface area contributed by atoms with Crippen molar-refractivity contribution >= 4 is 0 Å². The number of hydrogen-bond donors (Lipinski definition) is 0. The van der Waals surface area contributed by atoms with Gasteiger partial charge < -0.3 is 0 Å². The fourth-order valence-electron chi connectivity index (χ4n) is 2.36. The highest BCUT2D eigenvalue weighted by Gasteiger charge is 2.32. The minimum atomic E-state index is -4.45. The number of nitrogens with zero attached hydrogens (tertiary/aromatic N) is 1. The molecule has 3 rings (SSSR count). The molecule has 0 atom stereocenters. The molecule has 0 saturated heterocycles. The van der Waals surface area contributed by atoms with Gasteiger partial charge in [0.1, 0.15) is 11.5 Å². The summed E-state index contributed by atoms with van der Waals surface area (Å²) in [6.45, 7) is 1.69. The number of benzene rings is 2. The quantitative estimate of drug-likeness (QED) is 0.534. The van der Waals surface area contributed by atoms with E-state index in [0.29, 0.717) is 11.1 Å². The number of aromatic nitrogens is 1. The molecule has 122 valence electrons. The van der Waals surface area contributed by atoms with Gasteiger partial charge in [0.25, 0.3) is 0 Å². The molecule has 0 fully saturated rings. The number of aryl methyl sites for hydroxylation is 1. The fourth-order valence-corrected chi connectivity index (χ4v) is 2.36. The Balaban J connectivity index is 1.88. The topological polar surface area (TPSA) is 12.9 Å². The molecule has 0 radical (unpaired) electrons. The first-order chi connectivity index (χ1) is 11.3. The van der Waals surface area contributed by atoms with Gasteiger partial charge in [-0.15, -0.1) is 0 Å². The van der Waals surface area contributed by atoms with Crippen LogP contribution in [0.15, 0.2) is 60.8 Å². The third-order valence-electron chi connectivity index (χ3n) is 3.78. The first-order valence-electron chi connectivity index (χ1n) is 7.25. The van der Waals surface area contributed by atoms with Gasteiger partial charge in [0, 0.05) is 11.8 Å². The van der Waals surface area contributed by atoms with Crippen molar-refractivity contribution in [3.63, 3.8) is 0 Å². The van der Waals surface area contributed by atoms with Crippen LogP contribution in [0.25, 0.3) is 22.3 Å². The maximum atomic E-state index is 13.6. The van der Waals surface area contributed by atoms with E-state index in [-0.39, 0.29) is 5.82 Å². The number of pyridine rings is 1. The Morgan fingerprint density at radius 1 is 0.750 bits per heavy atom. The van der Waals surface area contributed by atoms with Crippen molar-refractivity contribution in [1.82, 2.24) is 4.98 Å². The average Bonchev–Trinajstić information content (AvgIpc) is 2.57. The summed E-state index contributed by atoms with van der Waals surface area (Å²) in [5, 5.41) is 0. The first-order valence-corrected chi connectivity index (χ1v) is 7.25. The third kappa shape index (κ3) is 3.30. The lowest BCUT2D eigenvalue weighted by Crippen LogP contribution is -2.07. The molecule has 24 heavy (non-hydrogen) atoms. The molecule has 0 bridgehead atoms. The molecule has 0 aliphatic carbocycles. The lowest BCUT2D eigenvalue weighted by molar-refractivity contribution is -0.141. The Kier molecular flexibility index (Phi) is 4.09. The van der Waals surface area contributed by atoms with Crippen molar-refractivity contribution in [1.29, 1.82) is 0 Å². The predicted molar refractivity (Wildman–Crippen MR) is 84.8 cm³/mol. The summed E-state index contributed by atoms with van der Waals surface area (Å²) in [7, 11) is 0. The van der Waals surface area contributed by atoms with Crippen LogP contribution < -0.4 is 0 Å². The van der Waals surface area contributed by atoms with Crippen LogP contribution in [0.4, 0.5) is 17.6 Å². The van der Waals surface area contributed by atoms with Gasteiger partial charge in [-0.3, -0.25) is 4.98 Å². The van der Waals surface area contributed by atoms with E-state index in [2.05, 4.69) is 4.98 Å². The van der Waals surface area contributed by atoms with E-state index in [4.69, 9.17) is 0 Å². The maximum absolute atomic E-state index is 13.6. The zero-order chi connectivity index (χ0) is 17.3. The Bertz CT molecular complexity index is 850. The SMILES string of the molecule is Cc1ccc(-c2ccc(-c3ccc(C(F)(F)F)nc3)cc2)cc1F. The molecule has 0 aliphatic heterocycles. The highest BCUT2D eigenvalue weighted by molar-refractivity contribution is 5.70. The van der Waals surface area contributed by atoms with E-state index >= 15 is 0 Å². The lowest BCUT2D eigenvalue weighted by atomic mass is 10.00. The minimum Gasteiger partial charge on any atom is -0.251 e. The van der Waals surface area contributed by atoms with Crippen molar-refractivity contribution < 1.29 is 17.6 Å². The van der Waals surface area contributed by atoms with Gasteiger partial charge >= 0.3 is 6.18 Å². The van der Waals surface area contributed by atoms with Crippen LogP contribution in [0.2, 0.25) is 0 Å². The number of rotatable bonds is 2. The van der Waals surface area contributed by atoms with E-state index in [1.54, 1.807) is 37.3 Å². The average molecular weight is 331 g/mol. The van der Waals surface area contributed by atoms with Gasteiger partial charge in [-0.05, 0) is 41.3 Å². The summed E-state index contributed by atoms with van der Waals surface area (Å²) in [6, 6.07) is 14.5. The van der Waals surface area contributed by atoms with E-state index in [9.17, 15) is 17.6 Å².